The van der Waals surface area contributed by atoms with Gasteiger partial charge in [-0.2, -0.15) is 0 Å². The van der Waals surface area contributed by atoms with E-state index in [0.717, 1.165) is 25.9 Å². The molecule has 1 N–H and O–H groups in total. The smallest absolute Gasteiger partial charge is 0.311 e. The first-order valence-corrected chi connectivity index (χ1v) is 7.34. The van der Waals surface area contributed by atoms with Crippen molar-refractivity contribution in [2.45, 2.75) is 37.8 Å². The van der Waals surface area contributed by atoms with Gasteiger partial charge in [-0.25, -0.2) is 4.98 Å². The second-order valence-corrected chi connectivity index (χ2v) is 5.78. The summed E-state index contributed by atoms with van der Waals surface area (Å²) in [5.74, 6) is 0.292. The van der Waals surface area contributed by atoms with E-state index in [2.05, 4.69) is 15.2 Å². The highest BCUT2D eigenvalue weighted by atomic mass is 35.5. The van der Waals surface area contributed by atoms with Crippen molar-refractivity contribution in [3.05, 3.63) is 27.4 Å². The Morgan fingerprint density at radius 2 is 2.20 bits per heavy atom. The summed E-state index contributed by atoms with van der Waals surface area (Å²) in [5.41, 5.74) is -0.0105. The summed E-state index contributed by atoms with van der Waals surface area (Å²) in [6.45, 7) is 2.19. The number of halogens is 1. The summed E-state index contributed by atoms with van der Waals surface area (Å²) >= 11 is 5.86. The molecule has 2 atom stereocenters. The first kappa shape index (κ1) is 13.6. The van der Waals surface area contributed by atoms with E-state index < -0.39 is 4.92 Å². The van der Waals surface area contributed by atoms with Gasteiger partial charge in [0.15, 0.2) is 0 Å². The first-order chi connectivity index (χ1) is 9.65. The average molecular weight is 297 g/mol. The lowest BCUT2D eigenvalue weighted by Crippen LogP contribution is -2.41. The maximum absolute atomic E-state index is 11.1. The predicted molar refractivity (Wildman–Crippen MR) is 77.1 cm³/mol. The fourth-order valence-corrected chi connectivity index (χ4v) is 3.42. The minimum absolute atomic E-state index is 0.0105. The van der Waals surface area contributed by atoms with Crippen molar-refractivity contribution in [1.82, 2.24) is 9.88 Å². The van der Waals surface area contributed by atoms with Gasteiger partial charge in [-0.1, -0.05) is 18.0 Å². The molecule has 6 nitrogen and oxygen atoms in total. The molecular formula is C13H17ClN4O2. The number of nitro groups is 1. The largest absolute Gasteiger partial charge is 0.360 e. The Hall–Kier alpha value is -1.40. The van der Waals surface area contributed by atoms with Gasteiger partial charge < -0.3 is 5.32 Å². The van der Waals surface area contributed by atoms with E-state index in [0.29, 0.717) is 11.9 Å². The number of hydrogen-bond donors (Lipinski definition) is 1. The van der Waals surface area contributed by atoms with E-state index in [9.17, 15) is 10.1 Å². The lowest BCUT2D eigenvalue weighted by atomic mass is 9.99. The van der Waals surface area contributed by atoms with E-state index in [-0.39, 0.29) is 16.9 Å². The van der Waals surface area contributed by atoms with Gasteiger partial charge in [-0.05, 0) is 31.9 Å². The van der Waals surface area contributed by atoms with Crippen molar-refractivity contribution >= 4 is 23.1 Å². The highest BCUT2D eigenvalue weighted by Crippen LogP contribution is 2.31. The molecule has 2 aliphatic heterocycles. The van der Waals surface area contributed by atoms with Gasteiger partial charge in [-0.3, -0.25) is 15.0 Å². The second-order valence-electron chi connectivity index (χ2n) is 5.40. The van der Waals surface area contributed by atoms with Crippen molar-refractivity contribution in [3.8, 4) is 0 Å². The Labute approximate surface area is 122 Å². The number of anilines is 1. The highest BCUT2D eigenvalue weighted by Gasteiger charge is 2.36. The van der Waals surface area contributed by atoms with E-state index in [4.69, 9.17) is 11.6 Å². The van der Waals surface area contributed by atoms with Crippen LogP contribution in [0.1, 0.15) is 25.7 Å². The van der Waals surface area contributed by atoms with Crippen molar-refractivity contribution in [1.29, 1.82) is 0 Å². The molecule has 0 spiro atoms. The number of aromatic nitrogens is 1. The maximum Gasteiger partial charge on any atom is 0.311 e. The fourth-order valence-electron chi connectivity index (χ4n) is 3.27. The quantitative estimate of drug-likeness (QED) is 0.527. The molecule has 0 radical (unpaired) electrons. The second kappa shape index (κ2) is 5.54. The molecule has 2 saturated heterocycles. The van der Waals surface area contributed by atoms with Crippen LogP contribution in [0.5, 0.6) is 0 Å². The van der Waals surface area contributed by atoms with Crippen LogP contribution in [-0.2, 0) is 0 Å². The van der Waals surface area contributed by atoms with Crippen molar-refractivity contribution in [3.63, 3.8) is 0 Å². The highest BCUT2D eigenvalue weighted by molar-refractivity contribution is 6.29. The first-order valence-electron chi connectivity index (χ1n) is 6.96. The number of nitrogens with zero attached hydrogens (tertiary/aromatic N) is 3. The third-order valence-electron chi connectivity index (χ3n) is 4.21. The van der Waals surface area contributed by atoms with Crippen LogP contribution in [-0.4, -0.2) is 40.0 Å². The molecule has 0 saturated carbocycles. The topological polar surface area (TPSA) is 71.3 Å². The number of rotatable bonds is 3. The number of fused-ring (bicyclic) bond motifs is 1. The van der Waals surface area contributed by atoms with Crippen LogP contribution < -0.4 is 5.32 Å². The Bertz CT molecular complexity index is 525. The van der Waals surface area contributed by atoms with E-state index in [1.807, 2.05) is 0 Å². The van der Waals surface area contributed by atoms with Gasteiger partial charge in [0.1, 0.15) is 5.15 Å². The molecule has 108 valence electrons. The van der Waals surface area contributed by atoms with Crippen LogP contribution >= 0.6 is 11.6 Å². The molecule has 0 bridgehead atoms. The predicted octanol–water partition coefficient (Wildman–Crippen LogP) is 2.68. The molecule has 2 unspecified atom stereocenters. The molecular weight excluding hydrogens is 280 g/mol. The summed E-state index contributed by atoms with van der Waals surface area (Å²) in [6, 6.07) is 3.54. The summed E-state index contributed by atoms with van der Waals surface area (Å²) in [6.07, 6.45) is 4.62. The molecule has 3 rings (SSSR count). The molecule has 7 heteroatoms. The minimum atomic E-state index is -0.417. The molecule has 1 aromatic rings. The summed E-state index contributed by atoms with van der Waals surface area (Å²) in [7, 11) is 0. The van der Waals surface area contributed by atoms with Crippen LogP contribution in [0.2, 0.25) is 5.15 Å². The SMILES string of the molecule is O=[N+]([O-])c1ccc(Cl)nc1NC1CCN2CCCCC12. The molecule has 2 aliphatic rings. The Kier molecular flexibility index (Phi) is 3.76. The lowest BCUT2D eigenvalue weighted by molar-refractivity contribution is -0.384. The lowest BCUT2D eigenvalue weighted by Gasteiger charge is -2.32. The van der Waals surface area contributed by atoms with Crippen molar-refractivity contribution < 1.29 is 4.92 Å². The number of piperidine rings is 1. The molecule has 0 aromatic carbocycles. The van der Waals surface area contributed by atoms with Gasteiger partial charge in [0.2, 0.25) is 5.82 Å². The Morgan fingerprint density at radius 1 is 1.35 bits per heavy atom. The van der Waals surface area contributed by atoms with Gasteiger partial charge in [0.25, 0.3) is 0 Å². The fraction of sp³-hybridized carbons (Fsp3) is 0.615. The number of nitrogens with one attached hydrogen (secondary N) is 1. The zero-order chi connectivity index (χ0) is 14.1. The monoisotopic (exact) mass is 296 g/mol. The van der Waals surface area contributed by atoms with Crippen LogP contribution in [0.4, 0.5) is 11.5 Å². The van der Waals surface area contributed by atoms with Gasteiger partial charge >= 0.3 is 5.69 Å². The van der Waals surface area contributed by atoms with Crippen LogP contribution in [0.15, 0.2) is 12.1 Å². The van der Waals surface area contributed by atoms with E-state index in [1.165, 1.54) is 25.0 Å². The van der Waals surface area contributed by atoms with Gasteiger partial charge in [0.05, 0.1) is 4.92 Å². The van der Waals surface area contributed by atoms with E-state index >= 15 is 0 Å². The average Bonchev–Trinajstić information content (AvgIpc) is 2.82. The molecule has 20 heavy (non-hydrogen) atoms. The normalized spacial score (nSPS) is 26.2. The van der Waals surface area contributed by atoms with Crippen molar-refractivity contribution in [2.75, 3.05) is 18.4 Å². The van der Waals surface area contributed by atoms with Crippen molar-refractivity contribution in [2.24, 2.45) is 0 Å². The van der Waals surface area contributed by atoms with E-state index in [1.54, 1.807) is 0 Å². The Morgan fingerprint density at radius 3 is 3.00 bits per heavy atom. The molecule has 0 amide bonds. The number of hydrogen-bond acceptors (Lipinski definition) is 5. The minimum Gasteiger partial charge on any atom is -0.360 e. The summed E-state index contributed by atoms with van der Waals surface area (Å²) in [4.78, 5) is 17.2. The molecule has 3 heterocycles. The van der Waals surface area contributed by atoms with Crippen LogP contribution in [0.25, 0.3) is 0 Å². The zero-order valence-electron chi connectivity index (χ0n) is 11.1. The Balaban J connectivity index is 1.80. The van der Waals surface area contributed by atoms with Crippen LogP contribution in [0, 0.1) is 10.1 Å². The molecule has 0 aliphatic carbocycles. The standard InChI is InChI=1S/C13H17ClN4O2/c14-12-5-4-11(18(19)20)13(16-12)15-9-6-8-17-7-2-1-3-10(9)17/h4-5,9-10H,1-3,6-8H2,(H,15,16). The molecule has 1 aromatic heterocycles. The molecule has 2 fully saturated rings. The third kappa shape index (κ3) is 2.58. The third-order valence-corrected chi connectivity index (χ3v) is 4.43. The number of pyridine rings is 1. The van der Waals surface area contributed by atoms with Crippen LogP contribution in [0.3, 0.4) is 0 Å². The summed E-state index contributed by atoms with van der Waals surface area (Å²) in [5, 5.41) is 14.6. The maximum atomic E-state index is 11.1. The summed E-state index contributed by atoms with van der Waals surface area (Å²) < 4.78 is 0. The van der Waals surface area contributed by atoms with Gasteiger partial charge in [-0.15, -0.1) is 0 Å². The van der Waals surface area contributed by atoms with Gasteiger partial charge in [0, 0.05) is 24.7 Å². The zero-order valence-corrected chi connectivity index (χ0v) is 11.8.